The van der Waals surface area contributed by atoms with Crippen molar-refractivity contribution in [2.45, 2.75) is 44.9 Å². The third-order valence-electron chi connectivity index (χ3n) is 5.34. The van der Waals surface area contributed by atoms with Gasteiger partial charge in [-0.05, 0) is 61.9 Å². The predicted octanol–water partition coefficient (Wildman–Crippen LogP) is 4.89. The number of sulfonamides is 1. The van der Waals surface area contributed by atoms with Gasteiger partial charge in [0.15, 0.2) is 5.43 Å². The second kappa shape index (κ2) is 6.71. The molecule has 6 heteroatoms. The van der Waals surface area contributed by atoms with E-state index in [9.17, 15) is 13.2 Å². The molecule has 0 saturated heterocycles. The Labute approximate surface area is 169 Å². The van der Waals surface area contributed by atoms with E-state index >= 15 is 0 Å². The van der Waals surface area contributed by atoms with E-state index < -0.39 is 10.0 Å². The highest BCUT2D eigenvalue weighted by Gasteiger charge is 2.28. The lowest BCUT2D eigenvalue weighted by Gasteiger charge is -2.30. The summed E-state index contributed by atoms with van der Waals surface area (Å²) in [6.45, 7) is 6.37. The van der Waals surface area contributed by atoms with Crippen molar-refractivity contribution in [1.82, 2.24) is 0 Å². The van der Waals surface area contributed by atoms with Gasteiger partial charge in [-0.25, -0.2) is 8.42 Å². The molecule has 0 amide bonds. The third kappa shape index (κ3) is 3.59. The van der Waals surface area contributed by atoms with E-state index in [1.165, 1.54) is 0 Å². The first-order valence-corrected chi connectivity index (χ1v) is 11.6. The molecule has 0 aliphatic heterocycles. The summed E-state index contributed by atoms with van der Waals surface area (Å²) in [7, 11) is -3.67. The van der Waals surface area contributed by atoms with Gasteiger partial charge in [0.2, 0.25) is 0 Å². The number of anilines is 1. The summed E-state index contributed by atoms with van der Waals surface area (Å²) in [5.74, 6) is 0. The minimum atomic E-state index is -3.67. The van der Waals surface area contributed by atoms with E-state index in [1.807, 2.05) is 6.92 Å². The van der Waals surface area contributed by atoms with Crippen LogP contribution in [-0.4, -0.2) is 8.42 Å². The highest BCUT2D eigenvalue weighted by atomic mass is 32.2. The van der Waals surface area contributed by atoms with Crippen LogP contribution in [0.15, 0.2) is 52.2 Å². The summed E-state index contributed by atoms with van der Waals surface area (Å²) in [6.07, 6.45) is 2.72. The number of aryl methyl sites for hydroxylation is 1. The first kappa shape index (κ1) is 19.2. The highest BCUT2D eigenvalue weighted by Crippen LogP contribution is 2.37. The molecule has 0 saturated carbocycles. The van der Waals surface area contributed by atoms with Gasteiger partial charge in [-0.15, -0.1) is 11.3 Å². The maximum Gasteiger partial charge on any atom is 0.261 e. The number of hydrogen-bond acceptors (Lipinski definition) is 4. The molecular weight excluding hydrogens is 390 g/mol. The van der Waals surface area contributed by atoms with Crippen molar-refractivity contribution in [2.75, 3.05) is 4.72 Å². The molecular formula is C22H23NO3S2. The number of benzene rings is 2. The summed E-state index contributed by atoms with van der Waals surface area (Å²) in [4.78, 5) is 14.3. The molecule has 3 aromatic rings. The SMILES string of the molecule is Cc1ccc(S(=O)(=O)Nc2ccc3c(=O)c4c(sc3c2)CC(C)(C)CC4)cc1. The topological polar surface area (TPSA) is 63.2 Å². The molecule has 0 bridgehead atoms. The second-order valence-corrected chi connectivity index (χ2v) is 11.1. The zero-order valence-corrected chi connectivity index (χ0v) is 17.8. The van der Waals surface area contributed by atoms with Gasteiger partial charge in [-0.1, -0.05) is 31.5 Å². The van der Waals surface area contributed by atoms with Gasteiger partial charge in [-0.2, -0.15) is 0 Å². The Morgan fingerprint density at radius 3 is 2.50 bits per heavy atom. The van der Waals surface area contributed by atoms with E-state index in [0.717, 1.165) is 40.0 Å². The lowest BCUT2D eigenvalue weighted by Crippen LogP contribution is -2.26. The van der Waals surface area contributed by atoms with Crippen molar-refractivity contribution < 1.29 is 8.42 Å². The molecule has 0 spiro atoms. The summed E-state index contributed by atoms with van der Waals surface area (Å²) >= 11 is 1.61. The van der Waals surface area contributed by atoms with E-state index in [-0.39, 0.29) is 15.7 Å². The van der Waals surface area contributed by atoms with E-state index in [1.54, 1.807) is 53.8 Å². The fourth-order valence-corrected chi connectivity index (χ4v) is 6.21. The lowest BCUT2D eigenvalue weighted by atomic mass is 9.77. The molecule has 4 nitrogen and oxygen atoms in total. The highest BCUT2D eigenvalue weighted by molar-refractivity contribution is 7.92. The zero-order chi connectivity index (χ0) is 20.1. The van der Waals surface area contributed by atoms with E-state index in [4.69, 9.17) is 0 Å². The van der Waals surface area contributed by atoms with Crippen molar-refractivity contribution in [3.63, 3.8) is 0 Å². The molecule has 1 N–H and O–H groups in total. The van der Waals surface area contributed by atoms with Gasteiger partial charge < -0.3 is 0 Å². The van der Waals surface area contributed by atoms with Crippen molar-refractivity contribution in [2.24, 2.45) is 5.41 Å². The maximum absolute atomic E-state index is 12.9. The molecule has 0 atom stereocenters. The molecule has 2 aromatic carbocycles. The standard InChI is InChI=1S/C22H23NO3S2/c1-14-4-7-16(8-5-14)28(25,26)23-15-6-9-17-19(12-15)27-20-13-22(2,3)11-10-18(20)21(17)24/h4-9,12,23H,10-11,13H2,1-3H3. The minimum absolute atomic E-state index is 0.0900. The summed E-state index contributed by atoms with van der Waals surface area (Å²) < 4.78 is 28.8. The lowest BCUT2D eigenvalue weighted by molar-refractivity contribution is 0.318. The van der Waals surface area contributed by atoms with E-state index in [0.29, 0.717) is 11.1 Å². The first-order chi connectivity index (χ1) is 13.1. The van der Waals surface area contributed by atoms with Crippen LogP contribution in [-0.2, 0) is 22.9 Å². The smallest absolute Gasteiger partial charge is 0.261 e. The second-order valence-electron chi connectivity index (χ2n) is 8.30. The molecule has 146 valence electrons. The Kier molecular flexibility index (Phi) is 4.59. The predicted molar refractivity (Wildman–Crippen MR) is 116 cm³/mol. The summed E-state index contributed by atoms with van der Waals surface area (Å²) in [5.41, 5.74) is 2.69. The van der Waals surface area contributed by atoms with Gasteiger partial charge in [0.1, 0.15) is 0 Å². The van der Waals surface area contributed by atoms with Crippen LogP contribution in [0.1, 0.15) is 36.3 Å². The minimum Gasteiger partial charge on any atom is -0.289 e. The van der Waals surface area contributed by atoms with Gasteiger partial charge in [0.25, 0.3) is 10.0 Å². The van der Waals surface area contributed by atoms with Crippen LogP contribution in [0, 0.1) is 12.3 Å². The van der Waals surface area contributed by atoms with Crippen LogP contribution in [0.25, 0.3) is 10.1 Å². The Balaban J connectivity index is 1.74. The third-order valence-corrected chi connectivity index (χ3v) is 7.94. The summed E-state index contributed by atoms with van der Waals surface area (Å²) in [5, 5.41) is 0.668. The molecule has 28 heavy (non-hydrogen) atoms. The van der Waals surface area contributed by atoms with Crippen molar-refractivity contribution in [3.05, 3.63) is 68.7 Å². The number of rotatable bonds is 3. The van der Waals surface area contributed by atoms with Gasteiger partial charge in [0.05, 0.1) is 10.6 Å². The average Bonchev–Trinajstić information content (AvgIpc) is 2.60. The Hall–Kier alpha value is -2.18. The number of hydrogen-bond donors (Lipinski definition) is 1. The molecule has 0 radical (unpaired) electrons. The van der Waals surface area contributed by atoms with Crippen LogP contribution in [0.3, 0.4) is 0 Å². The average molecular weight is 414 g/mol. The quantitative estimate of drug-likeness (QED) is 0.665. The molecule has 4 rings (SSSR count). The first-order valence-electron chi connectivity index (χ1n) is 9.33. The molecule has 1 aliphatic carbocycles. The van der Waals surface area contributed by atoms with Gasteiger partial charge in [-0.3, -0.25) is 9.52 Å². The molecule has 0 unspecified atom stereocenters. The Bertz CT molecular complexity index is 1220. The molecule has 0 fully saturated rings. The summed E-state index contributed by atoms with van der Waals surface area (Å²) in [6, 6.07) is 11.9. The Morgan fingerprint density at radius 1 is 1.07 bits per heavy atom. The molecule has 1 aliphatic rings. The number of fused-ring (bicyclic) bond motifs is 2. The monoisotopic (exact) mass is 413 g/mol. The maximum atomic E-state index is 12.9. The van der Waals surface area contributed by atoms with E-state index in [2.05, 4.69) is 18.6 Å². The van der Waals surface area contributed by atoms with Crippen LogP contribution in [0.2, 0.25) is 0 Å². The van der Waals surface area contributed by atoms with Crippen LogP contribution < -0.4 is 10.2 Å². The fraction of sp³-hybridized carbons (Fsp3) is 0.318. The van der Waals surface area contributed by atoms with Crippen LogP contribution >= 0.6 is 11.3 Å². The normalized spacial score (nSPS) is 16.0. The van der Waals surface area contributed by atoms with Gasteiger partial charge >= 0.3 is 0 Å². The van der Waals surface area contributed by atoms with Gasteiger partial charge in [0, 0.05) is 20.5 Å². The van der Waals surface area contributed by atoms with Crippen molar-refractivity contribution >= 4 is 37.1 Å². The largest absolute Gasteiger partial charge is 0.289 e. The fourth-order valence-electron chi connectivity index (χ4n) is 3.66. The van der Waals surface area contributed by atoms with Crippen molar-refractivity contribution in [1.29, 1.82) is 0 Å². The van der Waals surface area contributed by atoms with Crippen molar-refractivity contribution in [3.8, 4) is 0 Å². The van der Waals surface area contributed by atoms with Crippen LogP contribution in [0.5, 0.6) is 0 Å². The number of nitrogens with one attached hydrogen (secondary N) is 1. The van der Waals surface area contributed by atoms with Crippen LogP contribution in [0.4, 0.5) is 5.69 Å². The molecule has 1 heterocycles. The molecule has 1 aromatic heterocycles. The zero-order valence-electron chi connectivity index (χ0n) is 16.2. The Morgan fingerprint density at radius 2 is 1.79 bits per heavy atom.